The number of carbonyl (C=O) groups excluding carboxylic acids is 1. The second kappa shape index (κ2) is 6.92. The fourth-order valence-electron chi connectivity index (χ4n) is 2.73. The topological polar surface area (TPSA) is 81.2 Å². The molecule has 1 amide bonds. The molecule has 0 radical (unpaired) electrons. The predicted octanol–water partition coefficient (Wildman–Crippen LogP) is 4.93. The standard InChI is InChI=1S/C15H13N3O3.C6H4/c1-9-3-4-12(20-9)14-13(11-5-7-16-8-6-11)15(21-18-14)17-10(2)19;1-2-5-4-6(5)3-1/h3-8H,1-2H3,(H,17,19);1-4H. The third-order valence-electron chi connectivity index (χ3n) is 4.04. The Morgan fingerprint density at radius 1 is 1.00 bits per heavy atom. The molecule has 0 atom stereocenters. The van der Waals surface area contributed by atoms with E-state index in [2.05, 4.69) is 39.7 Å². The summed E-state index contributed by atoms with van der Waals surface area (Å²) in [5.74, 6) is 1.41. The lowest BCUT2D eigenvalue weighted by Gasteiger charge is -2.03. The highest BCUT2D eigenvalue weighted by atomic mass is 16.5. The number of aromatic nitrogens is 2. The van der Waals surface area contributed by atoms with Crippen LogP contribution in [0.2, 0.25) is 0 Å². The van der Waals surface area contributed by atoms with Gasteiger partial charge in [-0.3, -0.25) is 15.1 Å². The molecule has 134 valence electrons. The smallest absolute Gasteiger partial charge is 0.239 e. The monoisotopic (exact) mass is 359 g/mol. The number of benzene rings is 1. The van der Waals surface area contributed by atoms with Gasteiger partial charge in [-0.1, -0.05) is 23.4 Å². The quantitative estimate of drug-likeness (QED) is 0.494. The number of nitrogens with zero attached hydrogens (tertiary/aromatic N) is 2. The average molecular weight is 359 g/mol. The Morgan fingerprint density at radius 2 is 1.74 bits per heavy atom. The largest absolute Gasteiger partial charge is 0.460 e. The molecule has 0 aromatic carbocycles. The Morgan fingerprint density at radius 3 is 2.26 bits per heavy atom. The molecule has 1 N–H and O–H groups in total. The molecular weight excluding hydrogens is 342 g/mol. The molecule has 27 heavy (non-hydrogen) atoms. The highest BCUT2D eigenvalue weighted by Crippen LogP contribution is 2.38. The van der Waals surface area contributed by atoms with Crippen LogP contribution in [-0.4, -0.2) is 16.0 Å². The van der Waals surface area contributed by atoms with Gasteiger partial charge in [-0.05, 0) is 53.9 Å². The van der Waals surface area contributed by atoms with E-state index in [4.69, 9.17) is 8.94 Å². The van der Waals surface area contributed by atoms with Crippen LogP contribution >= 0.6 is 0 Å². The Balaban J connectivity index is 0.000000250. The molecule has 0 spiro atoms. The minimum absolute atomic E-state index is 0.233. The molecule has 3 aromatic heterocycles. The molecule has 6 heteroatoms. The first-order valence-corrected chi connectivity index (χ1v) is 8.47. The Hall–Kier alpha value is -3.67. The van der Waals surface area contributed by atoms with E-state index >= 15 is 0 Å². The van der Waals surface area contributed by atoms with Gasteiger partial charge in [0.05, 0.1) is 5.56 Å². The van der Waals surface area contributed by atoms with E-state index in [0.717, 1.165) is 11.3 Å². The van der Waals surface area contributed by atoms with Crippen molar-refractivity contribution in [2.75, 3.05) is 5.32 Å². The number of amides is 1. The van der Waals surface area contributed by atoms with Gasteiger partial charge in [-0.15, -0.1) is 0 Å². The normalized spacial score (nSPS) is 10.7. The van der Waals surface area contributed by atoms with E-state index in [9.17, 15) is 4.79 Å². The molecule has 0 saturated heterocycles. The molecule has 3 aromatic rings. The SMILES string of the molecule is CC(=O)Nc1onc(-c2ccc(C)o2)c1-c1ccncc1.c1cc2cc-2c1. The van der Waals surface area contributed by atoms with Crippen LogP contribution in [0.5, 0.6) is 0 Å². The number of carbonyl (C=O) groups is 1. The van der Waals surface area contributed by atoms with Crippen molar-refractivity contribution < 1.29 is 13.7 Å². The summed E-state index contributed by atoms with van der Waals surface area (Å²) < 4.78 is 10.9. The van der Waals surface area contributed by atoms with Crippen LogP contribution in [0.1, 0.15) is 12.7 Å². The molecule has 3 heterocycles. The zero-order chi connectivity index (χ0) is 18.8. The van der Waals surface area contributed by atoms with Gasteiger partial charge < -0.3 is 8.94 Å². The van der Waals surface area contributed by atoms with E-state index in [1.165, 1.54) is 18.1 Å². The van der Waals surface area contributed by atoms with Gasteiger partial charge in [0.1, 0.15) is 5.76 Å². The molecular formula is C21H17N3O3. The zero-order valence-electron chi connectivity index (χ0n) is 14.9. The molecule has 0 aliphatic heterocycles. The van der Waals surface area contributed by atoms with Gasteiger partial charge in [-0.25, -0.2) is 0 Å². The molecule has 0 bridgehead atoms. The van der Waals surface area contributed by atoms with Crippen LogP contribution in [0, 0.1) is 6.92 Å². The van der Waals surface area contributed by atoms with Gasteiger partial charge in [0.25, 0.3) is 0 Å². The van der Waals surface area contributed by atoms with Crippen LogP contribution in [-0.2, 0) is 4.79 Å². The summed E-state index contributed by atoms with van der Waals surface area (Å²) in [4.78, 5) is 15.3. The molecule has 0 fully saturated rings. The van der Waals surface area contributed by atoms with E-state index in [1.54, 1.807) is 12.4 Å². The van der Waals surface area contributed by atoms with Crippen LogP contribution < -0.4 is 5.32 Å². The third-order valence-corrected chi connectivity index (χ3v) is 4.04. The number of hydrogen-bond donors (Lipinski definition) is 1. The van der Waals surface area contributed by atoms with Crippen molar-refractivity contribution in [2.24, 2.45) is 0 Å². The summed E-state index contributed by atoms with van der Waals surface area (Å²) in [5, 5.41) is 6.66. The Labute approximate surface area is 155 Å². The Bertz CT molecular complexity index is 1080. The number of anilines is 1. The van der Waals surface area contributed by atoms with Crippen LogP contribution in [0.15, 0.2) is 69.9 Å². The lowest BCUT2D eigenvalue weighted by Crippen LogP contribution is -2.05. The van der Waals surface area contributed by atoms with Crippen molar-refractivity contribution in [3.63, 3.8) is 0 Å². The minimum atomic E-state index is -0.233. The first kappa shape index (κ1) is 16.8. The summed E-state index contributed by atoms with van der Waals surface area (Å²) in [6.45, 7) is 3.26. The highest BCUT2D eigenvalue weighted by Gasteiger charge is 2.22. The maximum absolute atomic E-state index is 11.3. The maximum Gasteiger partial charge on any atom is 0.239 e. The predicted molar refractivity (Wildman–Crippen MR) is 102 cm³/mol. The lowest BCUT2D eigenvalue weighted by molar-refractivity contribution is -0.114. The van der Waals surface area contributed by atoms with Crippen molar-refractivity contribution in [3.8, 4) is 33.7 Å². The second-order valence-corrected chi connectivity index (χ2v) is 6.14. The zero-order valence-corrected chi connectivity index (χ0v) is 14.9. The van der Waals surface area contributed by atoms with Crippen LogP contribution in [0.4, 0.5) is 5.88 Å². The van der Waals surface area contributed by atoms with Crippen molar-refractivity contribution in [1.29, 1.82) is 0 Å². The van der Waals surface area contributed by atoms with Crippen molar-refractivity contribution in [3.05, 3.63) is 66.7 Å². The van der Waals surface area contributed by atoms with E-state index in [1.807, 2.05) is 31.2 Å². The summed E-state index contributed by atoms with van der Waals surface area (Å²) in [5.41, 5.74) is 4.89. The fourth-order valence-corrected chi connectivity index (χ4v) is 2.73. The van der Waals surface area contributed by atoms with E-state index in [0.29, 0.717) is 17.0 Å². The van der Waals surface area contributed by atoms with Crippen molar-refractivity contribution in [2.45, 2.75) is 13.8 Å². The average Bonchev–Trinajstić information content (AvgIpc) is 3.03. The number of pyridine rings is 1. The third kappa shape index (κ3) is 3.64. The first-order valence-electron chi connectivity index (χ1n) is 8.47. The molecule has 0 unspecified atom stereocenters. The maximum atomic E-state index is 11.3. The molecule has 6 nitrogen and oxygen atoms in total. The molecule has 0 saturated carbocycles. The number of aryl methyl sites for hydroxylation is 1. The summed E-state index contributed by atoms with van der Waals surface area (Å²) in [6.07, 6.45) is 3.33. The summed E-state index contributed by atoms with van der Waals surface area (Å²) in [7, 11) is 0. The number of nitrogens with one attached hydrogen (secondary N) is 1. The number of fused-ring (bicyclic) bond motifs is 1. The van der Waals surface area contributed by atoms with Gasteiger partial charge >= 0.3 is 0 Å². The first-order chi connectivity index (χ1) is 13.1. The summed E-state index contributed by atoms with van der Waals surface area (Å²) >= 11 is 0. The van der Waals surface area contributed by atoms with Crippen LogP contribution in [0.3, 0.4) is 0 Å². The van der Waals surface area contributed by atoms with Crippen molar-refractivity contribution >= 4 is 11.8 Å². The van der Waals surface area contributed by atoms with Crippen molar-refractivity contribution in [1.82, 2.24) is 10.1 Å². The number of furan rings is 1. The minimum Gasteiger partial charge on any atom is -0.460 e. The molecule has 5 rings (SSSR count). The van der Waals surface area contributed by atoms with Gasteiger partial charge in [-0.2, -0.15) is 0 Å². The van der Waals surface area contributed by atoms with Gasteiger partial charge in [0.2, 0.25) is 11.8 Å². The van der Waals surface area contributed by atoms with E-state index in [-0.39, 0.29) is 11.8 Å². The van der Waals surface area contributed by atoms with Crippen LogP contribution in [0.25, 0.3) is 33.7 Å². The van der Waals surface area contributed by atoms with E-state index < -0.39 is 0 Å². The number of hydrogen-bond acceptors (Lipinski definition) is 5. The highest BCUT2D eigenvalue weighted by molar-refractivity contribution is 5.95. The fraction of sp³-hybridized carbons (Fsp3) is 0.0952. The molecule has 2 aliphatic carbocycles. The second-order valence-electron chi connectivity index (χ2n) is 6.14. The Kier molecular flexibility index (Phi) is 4.30. The lowest BCUT2D eigenvalue weighted by atomic mass is 10.1. The number of rotatable bonds is 3. The van der Waals surface area contributed by atoms with Gasteiger partial charge in [0.15, 0.2) is 11.5 Å². The van der Waals surface area contributed by atoms with Gasteiger partial charge in [0, 0.05) is 19.3 Å². The summed E-state index contributed by atoms with van der Waals surface area (Å²) in [6, 6.07) is 15.8. The molecule has 2 aliphatic rings.